The highest BCUT2D eigenvalue weighted by Crippen LogP contribution is 2.29. The molecule has 0 amide bonds. The lowest BCUT2D eigenvalue weighted by Gasteiger charge is -2.17. The Kier molecular flexibility index (Phi) is 4.93. The zero-order valence-electron chi connectivity index (χ0n) is 11.5. The highest BCUT2D eigenvalue weighted by molar-refractivity contribution is 6.35. The van der Waals surface area contributed by atoms with Crippen molar-refractivity contribution in [1.82, 2.24) is 10.3 Å². The van der Waals surface area contributed by atoms with E-state index in [1.165, 1.54) is 0 Å². The van der Waals surface area contributed by atoms with Crippen molar-refractivity contribution in [3.8, 4) is 0 Å². The second-order valence-corrected chi connectivity index (χ2v) is 4.79. The molecule has 0 saturated carbocycles. The van der Waals surface area contributed by atoms with Gasteiger partial charge in [0.2, 0.25) is 0 Å². The number of rotatable bonds is 5. The minimum absolute atomic E-state index is 0.149. The molecule has 0 aliphatic carbocycles. The smallest absolute Gasteiger partial charge is 0.307 e. The molecule has 0 spiro atoms. The SMILES string of the molecule is CCOC(=O)CC(NC)c1ccc(Cl)c2cccnc12. The van der Waals surface area contributed by atoms with Gasteiger partial charge in [-0.1, -0.05) is 17.7 Å². The molecule has 0 aliphatic heterocycles. The van der Waals surface area contributed by atoms with E-state index in [1.54, 1.807) is 13.1 Å². The highest BCUT2D eigenvalue weighted by Gasteiger charge is 2.18. The zero-order valence-corrected chi connectivity index (χ0v) is 12.3. The van der Waals surface area contributed by atoms with Crippen LogP contribution in [0.5, 0.6) is 0 Å². The van der Waals surface area contributed by atoms with Crippen LogP contribution < -0.4 is 5.32 Å². The molecule has 1 N–H and O–H groups in total. The van der Waals surface area contributed by atoms with Crippen LogP contribution in [0.25, 0.3) is 10.9 Å². The molecule has 1 heterocycles. The summed E-state index contributed by atoms with van der Waals surface area (Å²) in [7, 11) is 1.81. The number of carbonyl (C=O) groups excluding carboxylic acids is 1. The normalized spacial score (nSPS) is 12.3. The van der Waals surface area contributed by atoms with Gasteiger partial charge in [-0.3, -0.25) is 9.78 Å². The molecule has 20 heavy (non-hydrogen) atoms. The van der Waals surface area contributed by atoms with Crippen molar-refractivity contribution >= 4 is 28.5 Å². The van der Waals surface area contributed by atoms with Gasteiger partial charge in [-0.2, -0.15) is 0 Å². The molecular weight excluding hydrogens is 276 g/mol. The number of carbonyl (C=O) groups is 1. The van der Waals surface area contributed by atoms with E-state index in [1.807, 2.05) is 31.3 Å². The number of hydrogen-bond donors (Lipinski definition) is 1. The maximum absolute atomic E-state index is 11.7. The molecule has 4 nitrogen and oxygen atoms in total. The maximum Gasteiger partial charge on any atom is 0.307 e. The van der Waals surface area contributed by atoms with Crippen LogP contribution in [0.15, 0.2) is 30.5 Å². The second-order valence-electron chi connectivity index (χ2n) is 4.39. The lowest BCUT2D eigenvalue weighted by molar-refractivity contribution is -0.143. The zero-order chi connectivity index (χ0) is 14.5. The first kappa shape index (κ1) is 14.8. The summed E-state index contributed by atoms with van der Waals surface area (Å²) in [5.74, 6) is -0.231. The van der Waals surface area contributed by atoms with Crippen molar-refractivity contribution in [3.63, 3.8) is 0 Å². The third-order valence-corrected chi connectivity index (χ3v) is 3.48. The molecule has 0 radical (unpaired) electrons. The predicted octanol–water partition coefficient (Wildman–Crippen LogP) is 3.10. The molecule has 0 fully saturated rings. The molecule has 5 heteroatoms. The minimum Gasteiger partial charge on any atom is -0.466 e. The van der Waals surface area contributed by atoms with Gasteiger partial charge in [0.05, 0.1) is 18.5 Å². The van der Waals surface area contributed by atoms with Gasteiger partial charge in [0.25, 0.3) is 0 Å². The number of esters is 1. The lowest BCUT2D eigenvalue weighted by Crippen LogP contribution is -2.21. The third kappa shape index (κ3) is 3.08. The maximum atomic E-state index is 11.7. The average Bonchev–Trinajstić information content (AvgIpc) is 2.46. The first-order valence-electron chi connectivity index (χ1n) is 6.53. The molecule has 0 bridgehead atoms. The Bertz CT molecular complexity index is 616. The quantitative estimate of drug-likeness (QED) is 0.860. The Morgan fingerprint density at radius 3 is 2.95 bits per heavy atom. The van der Waals surface area contributed by atoms with E-state index in [0.29, 0.717) is 11.6 Å². The lowest BCUT2D eigenvalue weighted by atomic mass is 10.0. The monoisotopic (exact) mass is 292 g/mol. The summed E-state index contributed by atoms with van der Waals surface area (Å²) in [5, 5.41) is 4.68. The third-order valence-electron chi connectivity index (χ3n) is 3.15. The van der Waals surface area contributed by atoms with Gasteiger partial charge in [0.1, 0.15) is 0 Å². The molecule has 1 aromatic carbocycles. The van der Waals surface area contributed by atoms with Gasteiger partial charge >= 0.3 is 5.97 Å². The number of halogens is 1. The summed E-state index contributed by atoms with van der Waals surface area (Å²) in [4.78, 5) is 16.1. The Labute approximate surface area is 123 Å². The first-order chi connectivity index (χ1) is 9.67. The summed E-state index contributed by atoms with van der Waals surface area (Å²) in [5.41, 5.74) is 1.75. The van der Waals surface area contributed by atoms with E-state index < -0.39 is 0 Å². The van der Waals surface area contributed by atoms with Gasteiger partial charge in [-0.25, -0.2) is 0 Å². The Hall–Kier alpha value is -1.65. The van der Waals surface area contributed by atoms with Crippen LogP contribution in [-0.4, -0.2) is 24.6 Å². The number of aromatic nitrogens is 1. The molecule has 0 saturated heterocycles. The van der Waals surface area contributed by atoms with Crippen molar-refractivity contribution in [2.75, 3.05) is 13.7 Å². The van der Waals surface area contributed by atoms with Crippen LogP contribution in [0, 0.1) is 0 Å². The van der Waals surface area contributed by atoms with Crippen molar-refractivity contribution in [3.05, 3.63) is 41.0 Å². The summed E-state index contributed by atoms with van der Waals surface area (Å²) < 4.78 is 5.01. The van der Waals surface area contributed by atoms with Crippen LogP contribution in [0.2, 0.25) is 5.02 Å². The van der Waals surface area contributed by atoms with E-state index in [4.69, 9.17) is 16.3 Å². The standard InChI is InChI=1S/C15H17ClN2O2/c1-3-20-14(19)9-13(17-2)11-6-7-12(16)10-5-4-8-18-15(10)11/h4-8,13,17H,3,9H2,1-2H3. The van der Waals surface area contributed by atoms with Gasteiger partial charge in [0.15, 0.2) is 0 Å². The van der Waals surface area contributed by atoms with Crippen molar-refractivity contribution in [2.24, 2.45) is 0 Å². The first-order valence-corrected chi connectivity index (χ1v) is 6.91. The Morgan fingerprint density at radius 1 is 1.45 bits per heavy atom. The average molecular weight is 293 g/mol. The molecule has 1 aromatic heterocycles. The van der Waals surface area contributed by atoms with E-state index >= 15 is 0 Å². The Morgan fingerprint density at radius 2 is 2.25 bits per heavy atom. The van der Waals surface area contributed by atoms with Crippen molar-refractivity contribution in [1.29, 1.82) is 0 Å². The molecule has 2 rings (SSSR count). The van der Waals surface area contributed by atoms with Crippen LogP contribution >= 0.6 is 11.6 Å². The number of benzene rings is 1. The Balaban J connectivity index is 2.40. The summed E-state index contributed by atoms with van der Waals surface area (Å²) in [6, 6.07) is 7.35. The summed E-state index contributed by atoms with van der Waals surface area (Å²) >= 11 is 6.18. The van der Waals surface area contributed by atoms with Crippen LogP contribution in [0.3, 0.4) is 0 Å². The molecule has 1 unspecified atom stereocenters. The van der Waals surface area contributed by atoms with E-state index in [9.17, 15) is 4.79 Å². The van der Waals surface area contributed by atoms with Gasteiger partial charge in [-0.05, 0) is 37.7 Å². The van der Waals surface area contributed by atoms with E-state index in [0.717, 1.165) is 16.5 Å². The van der Waals surface area contributed by atoms with Gasteiger partial charge in [0, 0.05) is 22.6 Å². The fourth-order valence-electron chi connectivity index (χ4n) is 2.20. The highest BCUT2D eigenvalue weighted by atomic mass is 35.5. The van der Waals surface area contributed by atoms with Crippen LogP contribution in [0.4, 0.5) is 0 Å². The topological polar surface area (TPSA) is 51.2 Å². The minimum atomic E-state index is -0.231. The predicted molar refractivity (Wildman–Crippen MR) is 79.8 cm³/mol. The summed E-state index contributed by atoms with van der Waals surface area (Å²) in [6.07, 6.45) is 1.98. The molecular formula is C15H17ClN2O2. The largest absolute Gasteiger partial charge is 0.466 e. The molecule has 106 valence electrons. The van der Waals surface area contributed by atoms with Crippen molar-refractivity contribution in [2.45, 2.75) is 19.4 Å². The molecule has 1 atom stereocenters. The van der Waals surface area contributed by atoms with Gasteiger partial charge in [-0.15, -0.1) is 0 Å². The number of nitrogens with one attached hydrogen (secondary N) is 1. The molecule has 2 aromatic rings. The number of ether oxygens (including phenoxy) is 1. The van der Waals surface area contributed by atoms with Crippen molar-refractivity contribution < 1.29 is 9.53 Å². The van der Waals surface area contributed by atoms with Crippen LogP contribution in [-0.2, 0) is 9.53 Å². The second kappa shape index (κ2) is 6.68. The fraction of sp³-hybridized carbons (Fsp3) is 0.333. The number of fused-ring (bicyclic) bond motifs is 1. The number of hydrogen-bond acceptors (Lipinski definition) is 4. The molecule has 0 aliphatic rings. The number of pyridine rings is 1. The number of nitrogens with zero attached hydrogens (tertiary/aromatic N) is 1. The fourth-order valence-corrected chi connectivity index (χ4v) is 2.41. The van der Waals surface area contributed by atoms with E-state index in [2.05, 4.69) is 10.3 Å². The summed E-state index contributed by atoms with van der Waals surface area (Å²) in [6.45, 7) is 2.18. The van der Waals surface area contributed by atoms with Crippen LogP contribution in [0.1, 0.15) is 24.9 Å². The van der Waals surface area contributed by atoms with Gasteiger partial charge < -0.3 is 10.1 Å². The van der Waals surface area contributed by atoms with E-state index in [-0.39, 0.29) is 18.4 Å².